The highest BCUT2D eigenvalue weighted by atomic mass is 16.6. The van der Waals surface area contributed by atoms with Gasteiger partial charge in [-0.1, -0.05) is 0 Å². The van der Waals surface area contributed by atoms with Crippen molar-refractivity contribution in [1.29, 1.82) is 0 Å². The monoisotopic (exact) mass is 375 g/mol. The van der Waals surface area contributed by atoms with E-state index in [2.05, 4.69) is 0 Å². The fraction of sp³-hybridized carbons (Fsp3) is 0.579. The minimum atomic E-state index is -0.540. The van der Waals surface area contributed by atoms with E-state index in [-0.39, 0.29) is 41.9 Å². The standard InChI is InChI=1S/C19H25N3O5/c1-13-5-3-6-14(2)21(13)19(24)12-27-17-11-15(8-9-16(17)22(25)26)20-10-4-7-18(20)23/h8-9,11,13-14H,3-7,10,12H2,1-2H3. The van der Waals surface area contributed by atoms with Gasteiger partial charge in [-0.3, -0.25) is 19.7 Å². The fourth-order valence-corrected chi connectivity index (χ4v) is 3.99. The van der Waals surface area contributed by atoms with E-state index in [1.807, 2.05) is 18.7 Å². The Balaban J connectivity index is 1.77. The van der Waals surface area contributed by atoms with Crippen LogP contribution >= 0.6 is 0 Å². The van der Waals surface area contributed by atoms with Gasteiger partial charge in [-0.15, -0.1) is 0 Å². The third kappa shape index (κ3) is 4.04. The van der Waals surface area contributed by atoms with Crippen LogP contribution in [0.2, 0.25) is 0 Å². The zero-order chi connectivity index (χ0) is 19.6. The third-order valence-electron chi connectivity index (χ3n) is 5.36. The van der Waals surface area contributed by atoms with Gasteiger partial charge in [0.1, 0.15) is 0 Å². The lowest BCUT2D eigenvalue weighted by molar-refractivity contribution is -0.385. The molecule has 0 N–H and O–H groups in total. The van der Waals surface area contributed by atoms with Crippen molar-refractivity contribution in [3.05, 3.63) is 28.3 Å². The lowest BCUT2D eigenvalue weighted by Crippen LogP contribution is -2.49. The summed E-state index contributed by atoms with van der Waals surface area (Å²) in [6.45, 7) is 4.34. The van der Waals surface area contributed by atoms with Gasteiger partial charge < -0.3 is 14.5 Å². The first kappa shape index (κ1) is 19.1. The van der Waals surface area contributed by atoms with E-state index in [1.54, 1.807) is 11.0 Å². The summed E-state index contributed by atoms with van der Waals surface area (Å²) in [6, 6.07) is 4.62. The number of anilines is 1. The largest absolute Gasteiger partial charge is 0.477 e. The minimum Gasteiger partial charge on any atom is -0.477 e. The van der Waals surface area contributed by atoms with Gasteiger partial charge >= 0.3 is 5.69 Å². The maximum Gasteiger partial charge on any atom is 0.311 e. The Kier molecular flexibility index (Phi) is 5.62. The fourth-order valence-electron chi connectivity index (χ4n) is 3.99. The first-order chi connectivity index (χ1) is 12.9. The molecule has 2 fully saturated rings. The van der Waals surface area contributed by atoms with Crippen LogP contribution in [0.15, 0.2) is 18.2 Å². The van der Waals surface area contributed by atoms with Gasteiger partial charge in [-0.2, -0.15) is 0 Å². The summed E-state index contributed by atoms with van der Waals surface area (Å²) in [5.74, 6) is -0.170. The maximum atomic E-state index is 12.6. The first-order valence-electron chi connectivity index (χ1n) is 9.41. The Morgan fingerprint density at radius 3 is 2.56 bits per heavy atom. The third-order valence-corrected chi connectivity index (χ3v) is 5.36. The van der Waals surface area contributed by atoms with Gasteiger partial charge in [0, 0.05) is 42.9 Å². The summed E-state index contributed by atoms with van der Waals surface area (Å²) in [5.41, 5.74) is 0.350. The molecule has 2 aliphatic heterocycles. The number of hydrogen-bond donors (Lipinski definition) is 0. The van der Waals surface area contributed by atoms with Gasteiger partial charge in [-0.25, -0.2) is 0 Å². The molecular weight excluding hydrogens is 350 g/mol. The molecule has 0 radical (unpaired) electrons. The lowest BCUT2D eigenvalue weighted by atomic mass is 9.97. The van der Waals surface area contributed by atoms with Gasteiger partial charge in [0.2, 0.25) is 5.91 Å². The van der Waals surface area contributed by atoms with E-state index in [4.69, 9.17) is 4.74 Å². The second-order valence-corrected chi connectivity index (χ2v) is 7.28. The highest BCUT2D eigenvalue weighted by Crippen LogP contribution is 2.33. The molecule has 0 bridgehead atoms. The molecule has 146 valence electrons. The molecule has 27 heavy (non-hydrogen) atoms. The Bertz CT molecular complexity index is 741. The summed E-state index contributed by atoms with van der Waals surface area (Å²) in [4.78, 5) is 38.8. The summed E-state index contributed by atoms with van der Waals surface area (Å²) in [5, 5.41) is 11.3. The number of amides is 2. The predicted octanol–water partition coefficient (Wildman–Crippen LogP) is 2.89. The lowest BCUT2D eigenvalue weighted by Gasteiger charge is -2.38. The van der Waals surface area contributed by atoms with Crippen LogP contribution < -0.4 is 9.64 Å². The van der Waals surface area contributed by atoms with E-state index >= 15 is 0 Å². The molecule has 2 heterocycles. The van der Waals surface area contributed by atoms with Crippen LogP contribution in [0.25, 0.3) is 0 Å². The molecule has 1 aromatic rings. The van der Waals surface area contributed by atoms with Crippen molar-refractivity contribution in [2.75, 3.05) is 18.1 Å². The second-order valence-electron chi connectivity index (χ2n) is 7.28. The Morgan fingerprint density at radius 1 is 1.26 bits per heavy atom. The van der Waals surface area contributed by atoms with Crippen molar-refractivity contribution in [2.24, 2.45) is 0 Å². The van der Waals surface area contributed by atoms with E-state index in [0.717, 1.165) is 25.7 Å². The Labute approximate surface area is 158 Å². The summed E-state index contributed by atoms with van der Waals surface area (Å²) in [6.07, 6.45) is 4.21. The maximum absolute atomic E-state index is 12.6. The van der Waals surface area contributed by atoms with E-state index < -0.39 is 4.92 Å². The number of carbonyl (C=O) groups excluding carboxylic acids is 2. The molecule has 0 spiro atoms. The van der Waals surface area contributed by atoms with Crippen LogP contribution in [-0.4, -0.2) is 46.9 Å². The van der Waals surface area contributed by atoms with Crippen molar-refractivity contribution < 1.29 is 19.2 Å². The number of benzene rings is 1. The van der Waals surface area contributed by atoms with Crippen molar-refractivity contribution >= 4 is 23.2 Å². The number of hydrogen-bond acceptors (Lipinski definition) is 5. The Hall–Kier alpha value is -2.64. The SMILES string of the molecule is CC1CCCC(C)N1C(=O)COc1cc(N2CCCC2=O)ccc1[N+](=O)[O-]. The molecule has 0 saturated carbocycles. The zero-order valence-electron chi connectivity index (χ0n) is 15.7. The van der Waals surface area contributed by atoms with Crippen molar-refractivity contribution in [1.82, 2.24) is 4.90 Å². The Morgan fingerprint density at radius 2 is 1.96 bits per heavy atom. The molecule has 3 rings (SSSR count). The summed E-state index contributed by atoms with van der Waals surface area (Å²) >= 11 is 0. The van der Waals surface area contributed by atoms with Crippen LogP contribution in [-0.2, 0) is 9.59 Å². The molecule has 2 amide bonds. The van der Waals surface area contributed by atoms with Crippen molar-refractivity contribution in [2.45, 2.75) is 58.0 Å². The van der Waals surface area contributed by atoms with Crippen molar-refractivity contribution in [3.8, 4) is 5.75 Å². The van der Waals surface area contributed by atoms with Crippen LogP contribution in [0.1, 0.15) is 46.0 Å². The van der Waals surface area contributed by atoms with Gasteiger partial charge in [0.15, 0.2) is 12.4 Å². The van der Waals surface area contributed by atoms with Crippen LogP contribution in [0.4, 0.5) is 11.4 Å². The molecule has 2 atom stereocenters. The number of ether oxygens (including phenoxy) is 1. The van der Waals surface area contributed by atoms with Gasteiger partial charge in [0.25, 0.3) is 5.91 Å². The van der Waals surface area contributed by atoms with Gasteiger partial charge in [-0.05, 0) is 45.6 Å². The second kappa shape index (κ2) is 7.94. The van der Waals surface area contributed by atoms with Gasteiger partial charge in [0.05, 0.1) is 4.92 Å². The highest BCUT2D eigenvalue weighted by molar-refractivity contribution is 5.95. The summed E-state index contributed by atoms with van der Waals surface area (Å²) in [7, 11) is 0. The normalized spacial score (nSPS) is 22.8. The van der Waals surface area contributed by atoms with Crippen LogP contribution in [0.3, 0.4) is 0 Å². The highest BCUT2D eigenvalue weighted by Gasteiger charge is 2.30. The molecule has 0 aliphatic carbocycles. The number of nitro groups is 1. The first-order valence-corrected chi connectivity index (χ1v) is 9.41. The number of rotatable bonds is 5. The molecule has 2 unspecified atom stereocenters. The topological polar surface area (TPSA) is 93.0 Å². The average Bonchev–Trinajstić information content (AvgIpc) is 3.05. The number of likely N-dealkylation sites (tertiary alicyclic amines) is 1. The quantitative estimate of drug-likeness (QED) is 0.583. The zero-order valence-corrected chi connectivity index (χ0v) is 15.7. The van der Waals surface area contributed by atoms with E-state index in [0.29, 0.717) is 18.7 Å². The number of nitrogens with zero attached hydrogens (tertiary/aromatic N) is 3. The summed E-state index contributed by atoms with van der Waals surface area (Å²) < 4.78 is 5.57. The smallest absolute Gasteiger partial charge is 0.311 e. The molecule has 1 aromatic carbocycles. The number of carbonyl (C=O) groups is 2. The molecule has 8 heteroatoms. The predicted molar refractivity (Wildman–Crippen MR) is 99.8 cm³/mol. The molecule has 2 saturated heterocycles. The number of nitro benzene ring substituents is 1. The van der Waals surface area contributed by atoms with Crippen LogP contribution in [0, 0.1) is 10.1 Å². The molecule has 8 nitrogen and oxygen atoms in total. The van der Waals surface area contributed by atoms with Crippen molar-refractivity contribution in [3.63, 3.8) is 0 Å². The number of piperidine rings is 1. The molecular formula is C19H25N3O5. The van der Waals surface area contributed by atoms with Crippen LogP contribution in [0.5, 0.6) is 5.75 Å². The van der Waals surface area contributed by atoms with E-state index in [9.17, 15) is 19.7 Å². The average molecular weight is 375 g/mol. The minimum absolute atomic E-state index is 0.0122. The molecule has 0 aromatic heterocycles. The molecule has 2 aliphatic rings. The van der Waals surface area contributed by atoms with E-state index in [1.165, 1.54) is 12.1 Å².